The van der Waals surface area contributed by atoms with E-state index in [0.717, 1.165) is 40.2 Å². The van der Waals surface area contributed by atoms with E-state index in [1.807, 2.05) is 32.0 Å². The quantitative estimate of drug-likeness (QED) is 0.621. The van der Waals surface area contributed by atoms with Gasteiger partial charge in [-0.1, -0.05) is 42.0 Å². The minimum absolute atomic E-state index is 0.161. The van der Waals surface area contributed by atoms with Gasteiger partial charge in [0.1, 0.15) is 0 Å². The molecule has 0 radical (unpaired) electrons. The van der Waals surface area contributed by atoms with Crippen LogP contribution in [0.3, 0.4) is 0 Å². The molecular weight excluding hydrogens is 360 g/mol. The molecule has 3 rings (SSSR count). The van der Waals surface area contributed by atoms with Crippen LogP contribution in [0.25, 0.3) is 10.2 Å². The number of nitrogens with zero attached hydrogens (tertiary/aromatic N) is 2. The van der Waals surface area contributed by atoms with Gasteiger partial charge in [0.25, 0.3) is 5.91 Å². The van der Waals surface area contributed by atoms with E-state index in [-0.39, 0.29) is 5.91 Å². The molecular formula is C21H24N2OS2. The van der Waals surface area contributed by atoms with Gasteiger partial charge in [0.05, 0.1) is 10.2 Å². The second kappa shape index (κ2) is 8.23. The largest absolute Gasteiger partial charge is 0.316 e. The lowest BCUT2D eigenvalue weighted by molar-refractivity contribution is 0.0997. The number of rotatable bonds is 5. The highest BCUT2D eigenvalue weighted by atomic mass is 32.2. The van der Waals surface area contributed by atoms with Gasteiger partial charge in [0.2, 0.25) is 0 Å². The van der Waals surface area contributed by atoms with Gasteiger partial charge >= 0.3 is 0 Å². The van der Waals surface area contributed by atoms with Crippen molar-refractivity contribution in [1.82, 2.24) is 4.57 Å². The summed E-state index contributed by atoms with van der Waals surface area (Å²) < 4.78 is 3.37. The number of thiazole rings is 1. The van der Waals surface area contributed by atoms with Crippen LogP contribution in [0.5, 0.6) is 0 Å². The molecule has 3 aromatic rings. The molecule has 0 saturated heterocycles. The monoisotopic (exact) mass is 384 g/mol. The number of amides is 1. The fourth-order valence-corrected chi connectivity index (χ4v) is 4.42. The molecule has 0 bridgehead atoms. The van der Waals surface area contributed by atoms with E-state index in [4.69, 9.17) is 0 Å². The highest BCUT2D eigenvalue weighted by Gasteiger charge is 2.11. The SMILES string of the molecule is CCc1ccc2c(c1)sc(=NC(=O)c1cc(C)ccc1C)n2CCSC. The number of fused-ring (bicyclic) bond motifs is 1. The predicted molar refractivity (Wildman–Crippen MR) is 113 cm³/mol. The Morgan fingerprint density at radius 1 is 1.19 bits per heavy atom. The normalized spacial score (nSPS) is 12.1. The van der Waals surface area contributed by atoms with Crippen LogP contribution in [0.4, 0.5) is 0 Å². The van der Waals surface area contributed by atoms with E-state index in [1.54, 1.807) is 23.1 Å². The second-order valence-corrected chi connectivity index (χ2v) is 8.41. The average Bonchev–Trinajstić information content (AvgIpc) is 2.97. The number of thioether (sulfide) groups is 1. The maximum Gasteiger partial charge on any atom is 0.279 e. The van der Waals surface area contributed by atoms with Gasteiger partial charge in [-0.3, -0.25) is 4.79 Å². The first kappa shape index (κ1) is 18.9. The first-order valence-electron chi connectivity index (χ1n) is 8.81. The minimum atomic E-state index is -0.161. The summed E-state index contributed by atoms with van der Waals surface area (Å²) in [7, 11) is 0. The van der Waals surface area contributed by atoms with Gasteiger partial charge in [-0.2, -0.15) is 16.8 Å². The summed E-state index contributed by atoms with van der Waals surface area (Å²) in [6, 6.07) is 12.5. The lowest BCUT2D eigenvalue weighted by Crippen LogP contribution is -2.18. The molecule has 1 heterocycles. The number of hydrogen-bond donors (Lipinski definition) is 0. The van der Waals surface area contributed by atoms with Crippen molar-refractivity contribution in [3.63, 3.8) is 0 Å². The molecule has 0 unspecified atom stereocenters. The second-order valence-electron chi connectivity index (χ2n) is 6.42. The predicted octanol–water partition coefficient (Wildman–Crippen LogP) is 4.99. The Balaban J connectivity index is 2.13. The molecule has 3 nitrogen and oxygen atoms in total. The highest BCUT2D eigenvalue weighted by Crippen LogP contribution is 2.20. The van der Waals surface area contributed by atoms with Crippen LogP contribution in [0.1, 0.15) is 34.0 Å². The molecule has 0 aliphatic rings. The molecule has 0 aliphatic carbocycles. The molecule has 0 atom stereocenters. The summed E-state index contributed by atoms with van der Waals surface area (Å²) in [5.41, 5.74) is 5.20. The molecule has 2 aromatic carbocycles. The smallest absolute Gasteiger partial charge is 0.279 e. The number of carbonyl (C=O) groups is 1. The van der Waals surface area contributed by atoms with Crippen molar-refractivity contribution in [2.24, 2.45) is 4.99 Å². The maximum atomic E-state index is 12.8. The van der Waals surface area contributed by atoms with E-state index in [1.165, 1.54) is 10.3 Å². The zero-order valence-electron chi connectivity index (χ0n) is 15.7. The van der Waals surface area contributed by atoms with E-state index >= 15 is 0 Å². The molecule has 0 aliphatic heterocycles. The molecule has 0 N–H and O–H groups in total. The Hall–Kier alpha value is -1.85. The lowest BCUT2D eigenvalue weighted by atomic mass is 10.1. The Bertz CT molecular complexity index is 1010. The van der Waals surface area contributed by atoms with Crippen molar-refractivity contribution >= 4 is 39.2 Å². The van der Waals surface area contributed by atoms with Crippen LogP contribution < -0.4 is 4.80 Å². The van der Waals surface area contributed by atoms with Gasteiger partial charge in [0, 0.05) is 17.9 Å². The van der Waals surface area contributed by atoms with E-state index < -0.39 is 0 Å². The standard InChI is InChI=1S/C21H24N2OS2/c1-5-16-8-9-18-19(13-16)26-21(23(18)10-11-25-4)22-20(24)17-12-14(2)6-7-15(17)3/h6-9,12-13H,5,10-11H2,1-4H3. The zero-order valence-corrected chi connectivity index (χ0v) is 17.3. The molecule has 5 heteroatoms. The van der Waals surface area contributed by atoms with Crippen LogP contribution in [0.15, 0.2) is 41.4 Å². The number of benzene rings is 2. The summed E-state index contributed by atoms with van der Waals surface area (Å²) in [6.45, 7) is 6.97. The Morgan fingerprint density at radius 3 is 2.73 bits per heavy atom. The Kier molecular flexibility index (Phi) is 5.99. The fraction of sp³-hybridized carbons (Fsp3) is 0.333. The fourth-order valence-electron chi connectivity index (χ4n) is 2.93. The van der Waals surface area contributed by atoms with E-state index in [2.05, 4.69) is 40.9 Å². The van der Waals surface area contributed by atoms with Crippen LogP contribution >= 0.6 is 23.1 Å². The first-order chi connectivity index (χ1) is 12.5. The van der Waals surface area contributed by atoms with Gasteiger partial charge in [-0.05, 0) is 55.9 Å². The molecule has 0 spiro atoms. The number of hydrogen-bond acceptors (Lipinski definition) is 3. The average molecular weight is 385 g/mol. The summed E-state index contributed by atoms with van der Waals surface area (Å²) in [6.07, 6.45) is 3.11. The topological polar surface area (TPSA) is 34.4 Å². The summed E-state index contributed by atoms with van der Waals surface area (Å²) >= 11 is 3.40. The molecule has 26 heavy (non-hydrogen) atoms. The summed E-state index contributed by atoms with van der Waals surface area (Å²) in [5.74, 6) is 0.832. The third kappa shape index (κ3) is 3.94. The van der Waals surface area contributed by atoms with Gasteiger partial charge in [-0.15, -0.1) is 0 Å². The summed E-state index contributed by atoms with van der Waals surface area (Å²) in [5, 5.41) is 0. The van der Waals surface area contributed by atoms with E-state index in [0.29, 0.717) is 5.56 Å². The Morgan fingerprint density at radius 2 is 2.00 bits per heavy atom. The third-order valence-electron chi connectivity index (χ3n) is 4.50. The number of aryl methyl sites for hydroxylation is 4. The molecule has 1 amide bonds. The molecule has 136 valence electrons. The highest BCUT2D eigenvalue weighted by molar-refractivity contribution is 7.98. The zero-order chi connectivity index (χ0) is 18.7. The summed E-state index contributed by atoms with van der Waals surface area (Å²) in [4.78, 5) is 18.1. The molecule has 0 saturated carbocycles. The van der Waals surface area contributed by atoms with Crippen LogP contribution in [-0.4, -0.2) is 22.5 Å². The van der Waals surface area contributed by atoms with Crippen LogP contribution in [-0.2, 0) is 13.0 Å². The van der Waals surface area contributed by atoms with Crippen LogP contribution in [0.2, 0.25) is 0 Å². The lowest BCUT2D eigenvalue weighted by Gasteiger charge is -2.05. The van der Waals surface area contributed by atoms with Crippen molar-refractivity contribution in [3.05, 3.63) is 63.5 Å². The van der Waals surface area contributed by atoms with Crippen molar-refractivity contribution in [2.45, 2.75) is 33.7 Å². The van der Waals surface area contributed by atoms with Crippen molar-refractivity contribution < 1.29 is 4.79 Å². The number of aromatic nitrogens is 1. The Labute approximate surface area is 162 Å². The van der Waals surface area contributed by atoms with Gasteiger partial charge in [-0.25, -0.2) is 0 Å². The maximum absolute atomic E-state index is 12.8. The first-order valence-corrected chi connectivity index (χ1v) is 11.0. The number of carbonyl (C=O) groups excluding carboxylic acids is 1. The van der Waals surface area contributed by atoms with E-state index in [9.17, 15) is 4.79 Å². The van der Waals surface area contributed by atoms with Crippen molar-refractivity contribution in [1.29, 1.82) is 0 Å². The van der Waals surface area contributed by atoms with Crippen LogP contribution in [0, 0.1) is 13.8 Å². The molecule has 0 fully saturated rings. The van der Waals surface area contributed by atoms with Crippen molar-refractivity contribution in [3.8, 4) is 0 Å². The molecule has 1 aromatic heterocycles. The van der Waals surface area contributed by atoms with Gasteiger partial charge in [0.15, 0.2) is 4.80 Å². The van der Waals surface area contributed by atoms with Crippen molar-refractivity contribution in [2.75, 3.05) is 12.0 Å². The minimum Gasteiger partial charge on any atom is -0.316 e. The third-order valence-corrected chi connectivity index (χ3v) is 6.13. The van der Waals surface area contributed by atoms with Gasteiger partial charge < -0.3 is 4.57 Å².